The number of aromatic nitrogens is 2. The van der Waals surface area contributed by atoms with Crippen molar-refractivity contribution in [1.29, 1.82) is 0 Å². The van der Waals surface area contributed by atoms with E-state index in [0.717, 1.165) is 37.1 Å². The van der Waals surface area contributed by atoms with Crippen LogP contribution in [0.3, 0.4) is 0 Å². The van der Waals surface area contributed by atoms with Crippen molar-refractivity contribution in [2.75, 3.05) is 0 Å². The molecule has 3 heteroatoms. The second kappa shape index (κ2) is 2.73. The molecule has 1 aliphatic rings. The molecule has 0 spiro atoms. The average Bonchev–Trinajstić information content (AvgIpc) is 2.50. The van der Waals surface area contributed by atoms with Crippen LogP contribution in [0.5, 0.6) is 0 Å². The number of rotatable bonds is 1. The van der Waals surface area contributed by atoms with E-state index in [1.54, 1.807) is 0 Å². The summed E-state index contributed by atoms with van der Waals surface area (Å²) in [7, 11) is 0. The zero-order valence-electron chi connectivity index (χ0n) is 7.18. The minimum atomic E-state index is -0.187. The Bertz CT molecular complexity index is 354. The van der Waals surface area contributed by atoms with E-state index >= 15 is 0 Å². The topological polar surface area (TPSA) is 45.8 Å². The van der Waals surface area contributed by atoms with Gasteiger partial charge in [-0.1, -0.05) is 6.92 Å². The summed E-state index contributed by atoms with van der Waals surface area (Å²) in [6.45, 7) is 2.04. The summed E-state index contributed by atoms with van der Waals surface area (Å²) < 4.78 is 0. The minimum absolute atomic E-state index is 0.187. The fourth-order valence-corrected chi connectivity index (χ4v) is 1.84. The van der Waals surface area contributed by atoms with Crippen LogP contribution in [0.1, 0.15) is 30.3 Å². The highest BCUT2D eigenvalue weighted by Gasteiger charge is 2.15. The Hall–Kier alpha value is -1.12. The number of nitrogens with zero attached hydrogens (tertiary/aromatic N) is 1. The minimum Gasteiger partial charge on any atom is -0.310 e. The van der Waals surface area contributed by atoms with Crippen LogP contribution in [0.25, 0.3) is 0 Å². The largest absolute Gasteiger partial charge is 0.345 e. The first-order valence-corrected chi connectivity index (χ1v) is 4.42. The standard InChI is InChI=1S/C9H12N2O/c1-2-7-6-4-3-5-8(6)11-9(12)10-7/h2-5H2,1H3,(H,10,11,12). The molecule has 1 aromatic rings. The summed E-state index contributed by atoms with van der Waals surface area (Å²) >= 11 is 0. The fourth-order valence-electron chi connectivity index (χ4n) is 1.84. The molecule has 0 radical (unpaired) electrons. The maximum atomic E-state index is 11.0. The summed E-state index contributed by atoms with van der Waals surface area (Å²) in [5.41, 5.74) is 3.21. The van der Waals surface area contributed by atoms with Crippen molar-refractivity contribution in [3.63, 3.8) is 0 Å². The van der Waals surface area contributed by atoms with Crippen LogP contribution in [0, 0.1) is 0 Å². The molecule has 0 saturated carbocycles. The molecule has 1 aromatic heterocycles. The van der Waals surface area contributed by atoms with E-state index in [-0.39, 0.29) is 5.69 Å². The molecular weight excluding hydrogens is 152 g/mol. The molecule has 0 atom stereocenters. The summed E-state index contributed by atoms with van der Waals surface area (Å²) in [4.78, 5) is 17.8. The number of H-pyrrole nitrogens is 1. The Labute approximate surface area is 70.9 Å². The smallest absolute Gasteiger partial charge is 0.310 e. The first-order valence-electron chi connectivity index (χ1n) is 4.42. The quantitative estimate of drug-likeness (QED) is 0.668. The Balaban J connectivity index is 2.62. The van der Waals surface area contributed by atoms with Crippen molar-refractivity contribution in [1.82, 2.24) is 9.97 Å². The monoisotopic (exact) mass is 164 g/mol. The van der Waals surface area contributed by atoms with Crippen molar-refractivity contribution in [2.45, 2.75) is 32.6 Å². The number of aromatic amines is 1. The average molecular weight is 164 g/mol. The SMILES string of the molecule is CCc1nc(=O)[nH]c2c1CCC2. The molecule has 0 saturated heterocycles. The maximum absolute atomic E-state index is 11.0. The van der Waals surface area contributed by atoms with Gasteiger partial charge in [0.25, 0.3) is 0 Å². The second-order valence-corrected chi connectivity index (χ2v) is 3.15. The predicted molar refractivity (Wildman–Crippen MR) is 46.3 cm³/mol. The Morgan fingerprint density at radius 3 is 3.08 bits per heavy atom. The molecule has 64 valence electrons. The predicted octanol–water partition coefficient (Wildman–Crippen LogP) is 0.821. The van der Waals surface area contributed by atoms with Crippen molar-refractivity contribution in [2.24, 2.45) is 0 Å². The van der Waals surface area contributed by atoms with Gasteiger partial charge in [0, 0.05) is 5.69 Å². The normalized spacial score (nSPS) is 14.8. The molecule has 1 aliphatic carbocycles. The van der Waals surface area contributed by atoms with Crippen molar-refractivity contribution < 1.29 is 0 Å². The van der Waals surface area contributed by atoms with Crippen LogP contribution >= 0.6 is 0 Å². The summed E-state index contributed by atoms with van der Waals surface area (Å²) in [5, 5.41) is 0. The van der Waals surface area contributed by atoms with Crippen LogP contribution in [0.2, 0.25) is 0 Å². The highest BCUT2D eigenvalue weighted by atomic mass is 16.1. The molecule has 0 aromatic carbocycles. The Morgan fingerprint density at radius 2 is 2.33 bits per heavy atom. The molecule has 1 heterocycles. The van der Waals surface area contributed by atoms with Gasteiger partial charge in [-0.3, -0.25) is 0 Å². The van der Waals surface area contributed by atoms with Gasteiger partial charge in [-0.15, -0.1) is 0 Å². The maximum Gasteiger partial charge on any atom is 0.345 e. The molecule has 0 bridgehead atoms. The zero-order chi connectivity index (χ0) is 8.55. The third kappa shape index (κ3) is 1.05. The van der Waals surface area contributed by atoms with E-state index in [4.69, 9.17) is 0 Å². The van der Waals surface area contributed by atoms with Gasteiger partial charge in [0.1, 0.15) is 0 Å². The molecule has 12 heavy (non-hydrogen) atoms. The van der Waals surface area contributed by atoms with Crippen LogP contribution in [-0.4, -0.2) is 9.97 Å². The highest BCUT2D eigenvalue weighted by molar-refractivity contribution is 5.28. The zero-order valence-corrected chi connectivity index (χ0v) is 7.18. The lowest BCUT2D eigenvalue weighted by molar-refractivity contribution is 0.895. The van der Waals surface area contributed by atoms with Gasteiger partial charge in [0.2, 0.25) is 0 Å². The molecule has 0 aliphatic heterocycles. The van der Waals surface area contributed by atoms with Crippen LogP contribution < -0.4 is 5.69 Å². The van der Waals surface area contributed by atoms with Gasteiger partial charge in [-0.25, -0.2) is 4.79 Å². The van der Waals surface area contributed by atoms with Crippen LogP contribution in [0.15, 0.2) is 4.79 Å². The molecule has 0 unspecified atom stereocenters. The number of hydrogen-bond donors (Lipinski definition) is 1. The molecular formula is C9H12N2O. The van der Waals surface area contributed by atoms with Gasteiger partial charge in [-0.05, 0) is 31.2 Å². The Morgan fingerprint density at radius 1 is 1.50 bits per heavy atom. The van der Waals surface area contributed by atoms with Crippen LogP contribution in [-0.2, 0) is 19.3 Å². The summed E-state index contributed by atoms with van der Waals surface area (Å²) in [5.74, 6) is 0. The lowest BCUT2D eigenvalue weighted by Crippen LogP contribution is -2.16. The molecule has 0 amide bonds. The fraction of sp³-hybridized carbons (Fsp3) is 0.556. The van der Waals surface area contributed by atoms with E-state index in [1.807, 2.05) is 6.92 Å². The number of fused-ring (bicyclic) bond motifs is 1. The van der Waals surface area contributed by atoms with E-state index in [1.165, 1.54) is 5.56 Å². The van der Waals surface area contributed by atoms with Crippen molar-refractivity contribution in [3.8, 4) is 0 Å². The van der Waals surface area contributed by atoms with E-state index in [2.05, 4.69) is 9.97 Å². The van der Waals surface area contributed by atoms with E-state index in [9.17, 15) is 4.79 Å². The third-order valence-electron chi connectivity index (χ3n) is 2.40. The molecule has 2 rings (SSSR count). The van der Waals surface area contributed by atoms with E-state index < -0.39 is 0 Å². The lowest BCUT2D eigenvalue weighted by atomic mass is 10.1. The lowest BCUT2D eigenvalue weighted by Gasteiger charge is -2.02. The van der Waals surface area contributed by atoms with Gasteiger partial charge in [0.15, 0.2) is 0 Å². The van der Waals surface area contributed by atoms with Gasteiger partial charge >= 0.3 is 5.69 Å². The first kappa shape index (κ1) is 7.53. The number of nitrogens with one attached hydrogen (secondary N) is 1. The van der Waals surface area contributed by atoms with Gasteiger partial charge < -0.3 is 4.98 Å². The summed E-state index contributed by atoms with van der Waals surface area (Å²) in [6, 6.07) is 0. The molecule has 1 N–H and O–H groups in total. The van der Waals surface area contributed by atoms with E-state index in [0.29, 0.717) is 0 Å². The number of hydrogen-bond acceptors (Lipinski definition) is 2. The van der Waals surface area contributed by atoms with Gasteiger partial charge in [0.05, 0.1) is 5.69 Å². The second-order valence-electron chi connectivity index (χ2n) is 3.15. The molecule has 0 fully saturated rings. The first-order chi connectivity index (χ1) is 5.81. The molecule has 3 nitrogen and oxygen atoms in total. The third-order valence-corrected chi connectivity index (χ3v) is 2.40. The van der Waals surface area contributed by atoms with Crippen molar-refractivity contribution in [3.05, 3.63) is 27.4 Å². The highest BCUT2D eigenvalue weighted by Crippen LogP contribution is 2.20. The number of aryl methyl sites for hydroxylation is 2. The van der Waals surface area contributed by atoms with Crippen LogP contribution in [0.4, 0.5) is 0 Å². The van der Waals surface area contributed by atoms with Crippen molar-refractivity contribution >= 4 is 0 Å². The summed E-state index contributed by atoms with van der Waals surface area (Å²) in [6.07, 6.45) is 4.12. The van der Waals surface area contributed by atoms with Gasteiger partial charge in [-0.2, -0.15) is 4.98 Å². The Kier molecular flexibility index (Phi) is 1.71.